The van der Waals surface area contributed by atoms with Crippen LogP contribution in [0.5, 0.6) is 11.6 Å². The molecule has 0 saturated heterocycles. The van der Waals surface area contributed by atoms with Crippen molar-refractivity contribution in [2.24, 2.45) is 0 Å². The monoisotopic (exact) mass is 400 g/mol. The second-order valence-electron chi connectivity index (χ2n) is 6.99. The minimum atomic E-state index is -0.611. The number of carbonyl (C=O) groups is 1. The van der Waals surface area contributed by atoms with Gasteiger partial charge in [0.25, 0.3) is 5.91 Å². The summed E-state index contributed by atoms with van der Waals surface area (Å²) in [5, 5.41) is 4.28. The number of fused-ring (bicyclic) bond motifs is 2. The van der Waals surface area contributed by atoms with Gasteiger partial charge in [-0.25, -0.2) is 14.1 Å². The molecule has 7 heteroatoms. The molecule has 1 amide bonds. The minimum Gasteiger partial charge on any atom is -0.436 e. The van der Waals surface area contributed by atoms with E-state index in [2.05, 4.69) is 10.1 Å². The van der Waals surface area contributed by atoms with E-state index in [1.165, 1.54) is 17.0 Å². The third-order valence-electron chi connectivity index (χ3n) is 4.96. The van der Waals surface area contributed by atoms with Crippen molar-refractivity contribution < 1.29 is 13.9 Å². The predicted octanol–water partition coefficient (Wildman–Crippen LogP) is 4.67. The Morgan fingerprint density at radius 2 is 1.97 bits per heavy atom. The number of aromatic nitrogens is 3. The Hall–Kier alpha value is -4.00. The van der Waals surface area contributed by atoms with Crippen LogP contribution in [0.25, 0.3) is 5.69 Å². The molecule has 0 atom stereocenters. The van der Waals surface area contributed by atoms with Gasteiger partial charge in [0.1, 0.15) is 5.82 Å². The third kappa shape index (κ3) is 3.10. The fourth-order valence-corrected chi connectivity index (χ4v) is 3.47. The maximum absolute atomic E-state index is 15.0. The van der Waals surface area contributed by atoms with Crippen molar-refractivity contribution in [1.29, 1.82) is 0 Å². The molecule has 0 N–H and O–H groups in total. The topological polar surface area (TPSA) is 60.2 Å². The zero-order chi connectivity index (χ0) is 20.7. The smallest absolute Gasteiger partial charge is 0.261 e. The van der Waals surface area contributed by atoms with Gasteiger partial charge in [0.15, 0.2) is 5.75 Å². The van der Waals surface area contributed by atoms with Crippen LogP contribution < -0.4 is 9.64 Å². The molecule has 0 spiro atoms. The lowest BCUT2D eigenvalue weighted by Gasteiger charge is -2.22. The van der Waals surface area contributed by atoms with Crippen LogP contribution in [0.2, 0.25) is 0 Å². The van der Waals surface area contributed by atoms with Gasteiger partial charge in [0.2, 0.25) is 5.88 Å². The third-order valence-corrected chi connectivity index (χ3v) is 4.96. The maximum Gasteiger partial charge on any atom is 0.261 e. The second-order valence-corrected chi connectivity index (χ2v) is 6.99. The molecule has 3 heterocycles. The van der Waals surface area contributed by atoms with Crippen LogP contribution in [0.3, 0.4) is 0 Å². The summed E-state index contributed by atoms with van der Waals surface area (Å²) in [5.41, 5.74) is 2.65. The van der Waals surface area contributed by atoms with Gasteiger partial charge in [-0.15, -0.1) is 0 Å². The van der Waals surface area contributed by atoms with Crippen molar-refractivity contribution in [3.05, 3.63) is 95.7 Å². The molecular weight excluding hydrogens is 383 g/mol. The summed E-state index contributed by atoms with van der Waals surface area (Å²) in [4.78, 5) is 19.2. The van der Waals surface area contributed by atoms with Gasteiger partial charge in [-0.1, -0.05) is 18.2 Å². The van der Waals surface area contributed by atoms with Crippen molar-refractivity contribution in [2.75, 3.05) is 4.90 Å². The summed E-state index contributed by atoms with van der Waals surface area (Å²) < 4.78 is 22.5. The fraction of sp³-hybridized carbons (Fsp3) is 0.0870. The number of hydrogen-bond donors (Lipinski definition) is 0. The Kier molecular flexibility index (Phi) is 4.28. The van der Waals surface area contributed by atoms with Crippen LogP contribution >= 0.6 is 0 Å². The zero-order valence-corrected chi connectivity index (χ0v) is 16.1. The highest BCUT2D eigenvalue weighted by Gasteiger charge is 2.28. The van der Waals surface area contributed by atoms with Gasteiger partial charge in [-0.2, -0.15) is 5.10 Å². The number of anilines is 1. The number of aryl methyl sites for hydroxylation is 1. The van der Waals surface area contributed by atoms with Crippen LogP contribution in [0, 0.1) is 12.7 Å². The van der Waals surface area contributed by atoms with Crippen molar-refractivity contribution in [2.45, 2.75) is 13.5 Å². The normalized spacial score (nSPS) is 12.5. The molecule has 0 saturated carbocycles. The van der Waals surface area contributed by atoms with E-state index in [1.807, 2.05) is 31.2 Å². The molecule has 1 aliphatic heterocycles. The van der Waals surface area contributed by atoms with Gasteiger partial charge in [-0.3, -0.25) is 4.79 Å². The number of nitrogens with zero attached hydrogens (tertiary/aromatic N) is 4. The van der Waals surface area contributed by atoms with Gasteiger partial charge in [-0.05, 0) is 43.3 Å². The molecule has 2 aromatic carbocycles. The maximum atomic E-state index is 15.0. The number of amides is 1. The Bertz CT molecular complexity index is 1270. The van der Waals surface area contributed by atoms with Crippen molar-refractivity contribution >= 4 is 11.6 Å². The summed E-state index contributed by atoms with van der Waals surface area (Å²) in [7, 11) is 0. The number of halogens is 1. The first-order valence-electron chi connectivity index (χ1n) is 9.45. The molecule has 30 heavy (non-hydrogen) atoms. The minimum absolute atomic E-state index is 0.0234. The molecule has 2 aromatic heterocycles. The average Bonchev–Trinajstić information content (AvgIpc) is 3.11. The summed E-state index contributed by atoms with van der Waals surface area (Å²) in [6.07, 6.45) is 3.38. The Balaban J connectivity index is 1.55. The zero-order valence-electron chi connectivity index (χ0n) is 16.1. The van der Waals surface area contributed by atoms with E-state index in [0.29, 0.717) is 23.0 Å². The van der Waals surface area contributed by atoms with E-state index in [9.17, 15) is 9.18 Å². The number of carbonyl (C=O) groups excluding carboxylic acids is 1. The summed E-state index contributed by atoms with van der Waals surface area (Å²) >= 11 is 0. The van der Waals surface area contributed by atoms with Crippen molar-refractivity contribution in [3.63, 3.8) is 0 Å². The van der Waals surface area contributed by atoms with Gasteiger partial charge >= 0.3 is 0 Å². The van der Waals surface area contributed by atoms with E-state index in [4.69, 9.17) is 4.74 Å². The van der Waals surface area contributed by atoms with E-state index in [0.717, 1.165) is 11.3 Å². The van der Waals surface area contributed by atoms with Crippen LogP contribution in [0.4, 0.5) is 10.1 Å². The first-order chi connectivity index (χ1) is 14.6. The van der Waals surface area contributed by atoms with Crippen LogP contribution in [-0.4, -0.2) is 20.7 Å². The number of hydrogen-bond acceptors (Lipinski definition) is 4. The average molecular weight is 400 g/mol. The van der Waals surface area contributed by atoms with Crippen molar-refractivity contribution in [3.8, 4) is 17.3 Å². The SMILES string of the molecule is Cc1ccn(-c2ccc(C(=O)N3Cc4cccnc4Oc4ccccc43)c(F)c2)n1. The lowest BCUT2D eigenvalue weighted by Crippen LogP contribution is -2.30. The Morgan fingerprint density at radius 3 is 2.77 bits per heavy atom. The number of para-hydroxylation sites is 2. The molecule has 0 fully saturated rings. The highest BCUT2D eigenvalue weighted by molar-refractivity contribution is 6.07. The first-order valence-corrected chi connectivity index (χ1v) is 9.45. The predicted molar refractivity (Wildman–Crippen MR) is 110 cm³/mol. The number of ether oxygens (including phenoxy) is 1. The molecule has 0 unspecified atom stereocenters. The van der Waals surface area contributed by atoms with Crippen molar-refractivity contribution in [1.82, 2.24) is 14.8 Å². The van der Waals surface area contributed by atoms with E-state index < -0.39 is 11.7 Å². The summed E-state index contributed by atoms with van der Waals surface area (Å²) in [6.45, 7) is 2.08. The number of rotatable bonds is 2. The van der Waals surface area contributed by atoms with E-state index in [1.54, 1.807) is 41.3 Å². The number of benzene rings is 2. The van der Waals surface area contributed by atoms with Gasteiger partial charge in [0, 0.05) is 24.0 Å². The van der Waals surface area contributed by atoms with Crippen LogP contribution in [0.15, 0.2) is 73.1 Å². The molecule has 6 nitrogen and oxygen atoms in total. The Morgan fingerprint density at radius 1 is 1.10 bits per heavy atom. The molecule has 1 aliphatic rings. The second kappa shape index (κ2) is 7.11. The summed E-state index contributed by atoms with van der Waals surface area (Å²) in [6, 6.07) is 17.1. The molecule has 4 aromatic rings. The first kappa shape index (κ1) is 18.1. The lowest BCUT2D eigenvalue weighted by molar-refractivity contribution is 0.0981. The quantitative estimate of drug-likeness (QED) is 0.491. The number of pyridine rings is 1. The molecule has 0 radical (unpaired) electrons. The van der Waals surface area contributed by atoms with Crippen LogP contribution in [0.1, 0.15) is 21.6 Å². The van der Waals surface area contributed by atoms with Gasteiger partial charge in [0.05, 0.1) is 29.2 Å². The standard InChI is InChI=1S/C23H17FN4O2/c1-15-10-12-28(26-15)17-8-9-18(19(24)13-17)23(29)27-14-16-5-4-11-25-22(16)30-21-7-3-2-6-20(21)27/h2-13H,14H2,1H3. The largest absolute Gasteiger partial charge is 0.436 e. The fourth-order valence-electron chi connectivity index (χ4n) is 3.47. The molecule has 148 valence electrons. The molecule has 0 bridgehead atoms. The molecule has 0 aliphatic carbocycles. The lowest BCUT2D eigenvalue weighted by atomic mass is 10.1. The van der Waals surface area contributed by atoms with Gasteiger partial charge < -0.3 is 9.64 Å². The molecule has 5 rings (SSSR count). The highest BCUT2D eigenvalue weighted by atomic mass is 19.1. The van der Waals surface area contributed by atoms with E-state index >= 15 is 0 Å². The van der Waals surface area contributed by atoms with E-state index in [-0.39, 0.29) is 12.1 Å². The highest BCUT2D eigenvalue weighted by Crippen LogP contribution is 2.38. The van der Waals surface area contributed by atoms with Crippen LogP contribution in [-0.2, 0) is 6.54 Å². The Labute approximate surface area is 172 Å². The molecular formula is C23H17FN4O2. The summed E-state index contributed by atoms with van der Waals surface area (Å²) in [5.74, 6) is -0.138.